The second-order valence-electron chi connectivity index (χ2n) is 4.77. The predicted molar refractivity (Wildman–Crippen MR) is 82.3 cm³/mol. The summed E-state index contributed by atoms with van der Waals surface area (Å²) in [6, 6.07) is 8.12. The summed E-state index contributed by atoms with van der Waals surface area (Å²) in [6.07, 6.45) is 2.61. The maximum atomic E-state index is 12.6. The van der Waals surface area contributed by atoms with Gasteiger partial charge in [0.1, 0.15) is 6.67 Å². The van der Waals surface area contributed by atoms with Crippen LogP contribution in [0.25, 0.3) is 5.70 Å². The fourth-order valence-corrected chi connectivity index (χ4v) is 1.68. The number of rotatable bonds is 7. The summed E-state index contributed by atoms with van der Waals surface area (Å²) in [6.45, 7) is 11.2. The van der Waals surface area contributed by atoms with Gasteiger partial charge in [-0.05, 0) is 37.3 Å². The Hall–Kier alpha value is -1.70. The Morgan fingerprint density at radius 3 is 2.32 bits per heavy atom. The minimum Gasteiger partial charge on any atom is -0.255 e. The molecule has 1 rings (SSSR count). The first-order valence-electron chi connectivity index (χ1n) is 6.61. The molecule has 1 nitrogen and oxygen atoms in total. The minimum absolute atomic E-state index is 0.508. The van der Waals surface area contributed by atoms with Crippen LogP contribution in [-0.4, -0.2) is 12.4 Å². The molecule has 0 radical (unpaired) electrons. The van der Waals surface area contributed by atoms with Gasteiger partial charge >= 0.3 is 0 Å². The predicted octanol–water partition coefficient (Wildman–Crippen LogP) is 4.99. The molecule has 0 saturated heterocycles. The van der Waals surface area contributed by atoms with Gasteiger partial charge in [-0.3, -0.25) is 4.99 Å². The van der Waals surface area contributed by atoms with Gasteiger partial charge in [-0.15, -0.1) is 6.58 Å². The lowest BCUT2D eigenvalue weighted by molar-refractivity contribution is 0.577. The molecule has 2 heteroatoms. The van der Waals surface area contributed by atoms with E-state index in [-0.39, 0.29) is 0 Å². The van der Waals surface area contributed by atoms with E-state index in [1.54, 1.807) is 0 Å². The van der Waals surface area contributed by atoms with Crippen molar-refractivity contribution in [1.29, 1.82) is 0 Å². The van der Waals surface area contributed by atoms with Gasteiger partial charge in [-0.1, -0.05) is 43.3 Å². The van der Waals surface area contributed by atoms with Gasteiger partial charge < -0.3 is 0 Å². The third kappa shape index (κ3) is 5.21. The number of hydrogen-bond acceptors (Lipinski definition) is 1. The zero-order valence-corrected chi connectivity index (χ0v) is 11.9. The molecular formula is C17H22FN. The second-order valence-corrected chi connectivity index (χ2v) is 4.77. The lowest BCUT2D eigenvalue weighted by Crippen LogP contribution is -1.98. The molecule has 0 fully saturated rings. The molecule has 0 spiro atoms. The number of nitrogens with zero attached hydrogens (tertiary/aromatic N) is 1. The standard InChI is InChI=1S/C17H22FN/c1-5-17(12-18)19-14(4)16-10-8-15(9-11-16)7-6-13(2)3/h8-11H,2,4-7,12H2,1,3H3/b19-17+. The first-order valence-corrected chi connectivity index (χ1v) is 6.61. The molecule has 102 valence electrons. The van der Waals surface area contributed by atoms with Crippen molar-refractivity contribution < 1.29 is 4.39 Å². The van der Waals surface area contributed by atoms with E-state index in [0.29, 0.717) is 17.8 Å². The van der Waals surface area contributed by atoms with E-state index >= 15 is 0 Å². The summed E-state index contributed by atoms with van der Waals surface area (Å²) in [5.74, 6) is 0. The van der Waals surface area contributed by atoms with Crippen molar-refractivity contribution in [3.05, 3.63) is 54.1 Å². The van der Waals surface area contributed by atoms with Crippen LogP contribution in [0.2, 0.25) is 0 Å². The number of benzene rings is 1. The molecule has 0 aromatic heterocycles. The smallest absolute Gasteiger partial charge is 0.128 e. The topological polar surface area (TPSA) is 12.4 Å². The third-order valence-corrected chi connectivity index (χ3v) is 2.98. The van der Waals surface area contributed by atoms with Gasteiger partial charge in [-0.2, -0.15) is 0 Å². The van der Waals surface area contributed by atoms with Crippen molar-refractivity contribution in [3.8, 4) is 0 Å². The number of aliphatic imine (C=N–C) groups is 1. The maximum Gasteiger partial charge on any atom is 0.128 e. The highest BCUT2D eigenvalue weighted by Crippen LogP contribution is 2.17. The van der Waals surface area contributed by atoms with Crippen LogP contribution in [0.3, 0.4) is 0 Å². The zero-order chi connectivity index (χ0) is 14.3. The third-order valence-electron chi connectivity index (χ3n) is 2.98. The molecule has 0 atom stereocenters. The van der Waals surface area contributed by atoms with E-state index in [1.165, 1.54) is 11.1 Å². The van der Waals surface area contributed by atoms with E-state index in [0.717, 1.165) is 18.4 Å². The first-order chi connectivity index (χ1) is 9.06. The van der Waals surface area contributed by atoms with Crippen LogP contribution in [0.4, 0.5) is 4.39 Å². The van der Waals surface area contributed by atoms with Gasteiger partial charge in [0.15, 0.2) is 0 Å². The Balaban J connectivity index is 2.73. The first kappa shape index (κ1) is 15.4. The molecule has 0 N–H and O–H groups in total. The number of alkyl halides is 1. The Morgan fingerprint density at radius 1 is 1.21 bits per heavy atom. The van der Waals surface area contributed by atoms with Gasteiger partial charge in [0.2, 0.25) is 0 Å². The maximum absolute atomic E-state index is 12.6. The van der Waals surface area contributed by atoms with E-state index in [4.69, 9.17) is 0 Å². The van der Waals surface area contributed by atoms with E-state index in [1.807, 2.05) is 26.0 Å². The molecule has 0 aliphatic rings. The highest BCUT2D eigenvalue weighted by atomic mass is 19.1. The number of hydrogen-bond donors (Lipinski definition) is 0. The van der Waals surface area contributed by atoms with Crippen LogP contribution in [-0.2, 0) is 6.42 Å². The SMILES string of the molecule is C=C(C)CCc1ccc(C(=C)/N=C(\CC)CF)cc1. The average molecular weight is 259 g/mol. The largest absolute Gasteiger partial charge is 0.255 e. The Labute approximate surface area is 115 Å². The van der Waals surface area contributed by atoms with Crippen LogP contribution in [0.5, 0.6) is 0 Å². The second kappa shape index (κ2) is 7.67. The van der Waals surface area contributed by atoms with E-state index < -0.39 is 6.67 Å². The molecule has 0 bridgehead atoms. The van der Waals surface area contributed by atoms with Crippen molar-refractivity contribution in [2.75, 3.05) is 6.67 Å². The van der Waals surface area contributed by atoms with Gasteiger partial charge in [0.25, 0.3) is 0 Å². The Bertz CT molecular complexity index is 463. The quantitative estimate of drug-likeness (QED) is 0.483. The van der Waals surface area contributed by atoms with Crippen molar-refractivity contribution in [1.82, 2.24) is 0 Å². The van der Waals surface area contributed by atoms with Gasteiger partial charge in [0, 0.05) is 5.71 Å². The number of halogens is 1. The van der Waals surface area contributed by atoms with Crippen molar-refractivity contribution >= 4 is 11.4 Å². The zero-order valence-electron chi connectivity index (χ0n) is 11.9. The molecular weight excluding hydrogens is 237 g/mol. The molecule has 0 heterocycles. The van der Waals surface area contributed by atoms with Gasteiger partial charge in [-0.25, -0.2) is 4.39 Å². The molecule has 0 aliphatic heterocycles. The van der Waals surface area contributed by atoms with Crippen molar-refractivity contribution in [2.45, 2.75) is 33.1 Å². The van der Waals surface area contributed by atoms with Crippen LogP contribution in [0.15, 0.2) is 48.0 Å². The summed E-state index contributed by atoms with van der Waals surface area (Å²) in [4.78, 5) is 4.22. The molecule has 0 saturated carbocycles. The lowest BCUT2D eigenvalue weighted by atomic mass is 10.0. The average Bonchev–Trinajstić information content (AvgIpc) is 2.42. The molecule has 0 aliphatic carbocycles. The number of allylic oxidation sites excluding steroid dienone is 1. The van der Waals surface area contributed by atoms with Crippen LogP contribution in [0.1, 0.15) is 37.8 Å². The lowest BCUT2D eigenvalue weighted by Gasteiger charge is -2.05. The Morgan fingerprint density at radius 2 is 1.84 bits per heavy atom. The number of aryl methyl sites for hydroxylation is 1. The fourth-order valence-electron chi connectivity index (χ4n) is 1.68. The highest BCUT2D eigenvalue weighted by molar-refractivity contribution is 5.90. The van der Waals surface area contributed by atoms with Crippen LogP contribution < -0.4 is 0 Å². The van der Waals surface area contributed by atoms with E-state index in [9.17, 15) is 4.39 Å². The van der Waals surface area contributed by atoms with Crippen molar-refractivity contribution in [3.63, 3.8) is 0 Å². The van der Waals surface area contributed by atoms with Crippen LogP contribution >= 0.6 is 0 Å². The van der Waals surface area contributed by atoms with Crippen molar-refractivity contribution in [2.24, 2.45) is 4.99 Å². The Kier molecular flexibility index (Phi) is 6.20. The fraction of sp³-hybridized carbons (Fsp3) is 0.353. The minimum atomic E-state index is -0.508. The summed E-state index contributed by atoms with van der Waals surface area (Å²) in [7, 11) is 0. The van der Waals surface area contributed by atoms with Crippen LogP contribution in [0, 0.1) is 0 Å². The summed E-state index contributed by atoms with van der Waals surface area (Å²) < 4.78 is 12.6. The molecule has 1 aromatic carbocycles. The monoisotopic (exact) mass is 259 g/mol. The highest BCUT2D eigenvalue weighted by Gasteiger charge is 2.01. The summed E-state index contributed by atoms with van der Waals surface area (Å²) in [5, 5.41) is 0. The molecule has 0 amide bonds. The molecule has 1 aromatic rings. The van der Waals surface area contributed by atoms with E-state index in [2.05, 4.69) is 30.3 Å². The summed E-state index contributed by atoms with van der Waals surface area (Å²) in [5.41, 5.74) is 4.56. The normalized spacial score (nSPS) is 11.4. The summed E-state index contributed by atoms with van der Waals surface area (Å²) >= 11 is 0. The molecule has 19 heavy (non-hydrogen) atoms. The molecule has 0 unspecified atom stereocenters. The van der Waals surface area contributed by atoms with Gasteiger partial charge in [0.05, 0.1) is 5.70 Å².